The summed E-state index contributed by atoms with van der Waals surface area (Å²) >= 11 is 0. The molecular weight excluding hydrogens is 192 g/mol. The van der Waals surface area contributed by atoms with Gasteiger partial charge in [0.25, 0.3) is 0 Å². The van der Waals surface area contributed by atoms with E-state index in [-0.39, 0.29) is 5.91 Å². The summed E-state index contributed by atoms with van der Waals surface area (Å²) in [6.45, 7) is 3.30. The van der Waals surface area contributed by atoms with Crippen LogP contribution in [0.15, 0.2) is 0 Å². The monoisotopic (exact) mass is 212 g/mol. The van der Waals surface area contributed by atoms with E-state index in [1.165, 1.54) is 0 Å². The van der Waals surface area contributed by atoms with Gasteiger partial charge in [0.05, 0.1) is 6.10 Å². The zero-order valence-electron chi connectivity index (χ0n) is 9.15. The van der Waals surface area contributed by atoms with Gasteiger partial charge in [0, 0.05) is 32.0 Å². The molecule has 0 radical (unpaired) electrons. The molecule has 1 amide bonds. The Morgan fingerprint density at radius 1 is 1.47 bits per heavy atom. The summed E-state index contributed by atoms with van der Waals surface area (Å²) in [5.74, 6) is 0.812. The predicted octanol–water partition coefficient (Wildman–Crippen LogP) is 0.363. The summed E-state index contributed by atoms with van der Waals surface area (Å²) < 4.78 is 5.49. The van der Waals surface area contributed by atoms with Crippen LogP contribution in [0.3, 0.4) is 0 Å². The second-order valence-electron chi connectivity index (χ2n) is 4.57. The summed E-state index contributed by atoms with van der Waals surface area (Å²) in [6.07, 6.45) is 4.14. The van der Waals surface area contributed by atoms with E-state index in [4.69, 9.17) is 10.5 Å². The summed E-state index contributed by atoms with van der Waals surface area (Å²) in [5.41, 5.74) is 5.51. The van der Waals surface area contributed by atoms with Crippen LogP contribution in [0.4, 0.5) is 0 Å². The average molecular weight is 212 g/mol. The second-order valence-corrected chi connectivity index (χ2v) is 4.57. The topological polar surface area (TPSA) is 55.6 Å². The highest BCUT2D eigenvalue weighted by Gasteiger charge is 2.29. The Bertz CT molecular complexity index is 221. The fraction of sp³-hybridized carbons (Fsp3) is 0.909. The number of hydrogen-bond donors (Lipinski definition) is 1. The van der Waals surface area contributed by atoms with Crippen molar-refractivity contribution in [3.8, 4) is 0 Å². The minimum absolute atomic E-state index is 0.273. The number of hydrogen-bond acceptors (Lipinski definition) is 3. The predicted molar refractivity (Wildman–Crippen MR) is 57.3 cm³/mol. The number of nitrogens with two attached hydrogens (primary N) is 1. The van der Waals surface area contributed by atoms with Crippen molar-refractivity contribution in [1.29, 1.82) is 0 Å². The molecule has 2 aliphatic heterocycles. The van der Waals surface area contributed by atoms with Gasteiger partial charge in [-0.1, -0.05) is 0 Å². The van der Waals surface area contributed by atoms with Crippen LogP contribution in [0.2, 0.25) is 0 Å². The van der Waals surface area contributed by atoms with Crippen molar-refractivity contribution in [3.05, 3.63) is 0 Å². The zero-order valence-corrected chi connectivity index (χ0v) is 9.15. The van der Waals surface area contributed by atoms with Crippen molar-refractivity contribution in [2.45, 2.75) is 31.8 Å². The van der Waals surface area contributed by atoms with Gasteiger partial charge in [-0.25, -0.2) is 0 Å². The molecule has 2 saturated heterocycles. The molecule has 2 aliphatic rings. The Labute approximate surface area is 90.8 Å². The fourth-order valence-electron chi connectivity index (χ4n) is 2.24. The third kappa shape index (κ3) is 2.69. The molecule has 0 spiro atoms. The highest BCUT2D eigenvalue weighted by Crippen LogP contribution is 2.20. The maximum Gasteiger partial charge on any atom is 0.222 e. The van der Waals surface area contributed by atoms with Gasteiger partial charge in [-0.3, -0.25) is 4.79 Å². The van der Waals surface area contributed by atoms with Gasteiger partial charge in [-0.2, -0.15) is 0 Å². The highest BCUT2D eigenvalue weighted by atomic mass is 16.5. The molecule has 2 heterocycles. The summed E-state index contributed by atoms with van der Waals surface area (Å²) in [6, 6.07) is 0. The minimum atomic E-state index is 0.273. The third-order valence-electron chi connectivity index (χ3n) is 3.35. The average Bonchev–Trinajstić information content (AvgIpc) is 2.65. The Kier molecular flexibility index (Phi) is 3.59. The molecule has 0 aromatic rings. The molecule has 15 heavy (non-hydrogen) atoms. The first kappa shape index (κ1) is 10.9. The number of rotatable bonds is 4. The van der Waals surface area contributed by atoms with Crippen LogP contribution in [0.1, 0.15) is 25.7 Å². The molecule has 1 atom stereocenters. The van der Waals surface area contributed by atoms with Gasteiger partial charge in [-0.05, 0) is 25.8 Å². The lowest BCUT2D eigenvalue weighted by Crippen LogP contribution is -2.52. The van der Waals surface area contributed by atoms with E-state index in [1.807, 2.05) is 4.90 Å². The number of carbonyl (C=O) groups is 1. The number of carbonyl (C=O) groups excluding carboxylic acids is 1. The molecule has 2 N–H and O–H groups in total. The van der Waals surface area contributed by atoms with Crippen LogP contribution >= 0.6 is 0 Å². The Morgan fingerprint density at radius 2 is 2.27 bits per heavy atom. The van der Waals surface area contributed by atoms with E-state index in [2.05, 4.69) is 0 Å². The first-order chi connectivity index (χ1) is 7.29. The van der Waals surface area contributed by atoms with Crippen LogP contribution in [0.25, 0.3) is 0 Å². The van der Waals surface area contributed by atoms with Crippen molar-refractivity contribution < 1.29 is 9.53 Å². The molecule has 1 unspecified atom stereocenters. The van der Waals surface area contributed by atoms with Crippen molar-refractivity contribution in [3.63, 3.8) is 0 Å². The lowest BCUT2D eigenvalue weighted by Gasteiger charge is -2.38. The van der Waals surface area contributed by atoms with Gasteiger partial charge in [0.15, 0.2) is 0 Å². The lowest BCUT2D eigenvalue weighted by atomic mass is 9.99. The number of ether oxygens (including phenoxy) is 1. The van der Waals surface area contributed by atoms with Crippen LogP contribution in [0, 0.1) is 5.92 Å². The SMILES string of the molecule is NCC1CN(C(=O)CCC2CCCO2)C1. The molecule has 0 aromatic heterocycles. The fourth-order valence-corrected chi connectivity index (χ4v) is 2.24. The minimum Gasteiger partial charge on any atom is -0.378 e. The van der Waals surface area contributed by atoms with Gasteiger partial charge in [-0.15, -0.1) is 0 Å². The molecule has 0 saturated carbocycles. The van der Waals surface area contributed by atoms with Crippen molar-refractivity contribution in [2.24, 2.45) is 11.7 Å². The zero-order chi connectivity index (χ0) is 10.7. The van der Waals surface area contributed by atoms with E-state index < -0.39 is 0 Å². The molecule has 4 heteroatoms. The summed E-state index contributed by atoms with van der Waals surface area (Å²) in [5, 5.41) is 0. The molecule has 0 bridgehead atoms. The van der Waals surface area contributed by atoms with E-state index in [0.29, 0.717) is 25.0 Å². The normalized spacial score (nSPS) is 26.7. The Balaban J connectivity index is 1.61. The largest absolute Gasteiger partial charge is 0.378 e. The van der Waals surface area contributed by atoms with Gasteiger partial charge >= 0.3 is 0 Å². The van der Waals surface area contributed by atoms with E-state index in [0.717, 1.165) is 39.0 Å². The molecule has 0 aromatic carbocycles. The van der Waals surface area contributed by atoms with Crippen molar-refractivity contribution in [2.75, 3.05) is 26.2 Å². The third-order valence-corrected chi connectivity index (χ3v) is 3.35. The molecule has 2 fully saturated rings. The second kappa shape index (κ2) is 4.94. The van der Waals surface area contributed by atoms with E-state index in [1.54, 1.807) is 0 Å². The van der Waals surface area contributed by atoms with Crippen LogP contribution in [-0.4, -0.2) is 43.2 Å². The smallest absolute Gasteiger partial charge is 0.222 e. The standard InChI is InChI=1S/C11H20N2O2/c12-6-9-7-13(8-9)11(14)4-3-10-2-1-5-15-10/h9-10H,1-8,12H2. The lowest BCUT2D eigenvalue weighted by molar-refractivity contribution is -0.137. The van der Waals surface area contributed by atoms with Gasteiger partial charge in [0.2, 0.25) is 5.91 Å². The van der Waals surface area contributed by atoms with Crippen LogP contribution < -0.4 is 5.73 Å². The number of likely N-dealkylation sites (tertiary alicyclic amines) is 1. The first-order valence-corrected chi connectivity index (χ1v) is 5.89. The molecular formula is C11H20N2O2. The Morgan fingerprint density at radius 3 is 2.87 bits per heavy atom. The summed E-state index contributed by atoms with van der Waals surface area (Å²) in [7, 11) is 0. The maximum atomic E-state index is 11.7. The Hall–Kier alpha value is -0.610. The molecule has 86 valence electrons. The van der Waals surface area contributed by atoms with E-state index >= 15 is 0 Å². The maximum absolute atomic E-state index is 11.7. The van der Waals surface area contributed by atoms with Crippen molar-refractivity contribution in [1.82, 2.24) is 4.90 Å². The number of amides is 1. The molecule has 2 rings (SSSR count). The molecule has 4 nitrogen and oxygen atoms in total. The van der Waals surface area contributed by atoms with Crippen molar-refractivity contribution >= 4 is 5.91 Å². The van der Waals surface area contributed by atoms with Gasteiger partial charge in [0.1, 0.15) is 0 Å². The van der Waals surface area contributed by atoms with Crippen LogP contribution in [-0.2, 0) is 9.53 Å². The van der Waals surface area contributed by atoms with Crippen LogP contribution in [0.5, 0.6) is 0 Å². The first-order valence-electron chi connectivity index (χ1n) is 5.89. The van der Waals surface area contributed by atoms with Gasteiger partial charge < -0.3 is 15.4 Å². The molecule has 0 aliphatic carbocycles. The van der Waals surface area contributed by atoms with E-state index in [9.17, 15) is 4.79 Å². The number of nitrogens with zero attached hydrogens (tertiary/aromatic N) is 1. The quantitative estimate of drug-likeness (QED) is 0.732. The highest BCUT2D eigenvalue weighted by molar-refractivity contribution is 5.77. The summed E-state index contributed by atoms with van der Waals surface area (Å²) in [4.78, 5) is 13.6.